The van der Waals surface area contributed by atoms with Gasteiger partial charge in [0.15, 0.2) is 11.5 Å². The number of carbonyl (C=O) groups is 1. The molecule has 4 aromatic rings. The summed E-state index contributed by atoms with van der Waals surface area (Å²) in [6.45, 7) is 1.58. The summed E-state index contributed by atoms with van der Waals surface area (Å²) in [6, 6.07) is 6.84. The molecule has 4 N–H and O–H groups in total. The number of primary amides is 1. The molecular weight excluding hydrogens is 537 g/mol. The Morgan fingerprint density at radius 2 is 1.84 bits per heavy atom. The summed E-state index contributed by atoms with van der Waals surface area (Å²) < 4.78 is 37.4. The van der Waals surface area contributed by atoms with Crippen molar-refractivity contribution < 1.29 is 18.0 Å². The van der Waals surface area contributed by atoms with Gasteiger partial charge in [0.25, 0.3) is 5.89 Å². The summed E-state index contributed by atoms with van der Waals surface area (Å²) in [5, 5.41) is 7.46. The van der Waals surface area contributed by atoms with E-state index in [4.69, 9.17) is 44.1 Å². The standard InChI is InChI=1S/C26H24Cl2F2N6O2/c1-12(23(31)37)15-8-9-16(27)19(30)22(15)36-21(14-7-10-18(29)17(28)11-14)20(25-34-35-26(32)38-25)33-24(36)13-5-3-2-4-6-13/h7-13H,2-6H2,1H3,(H2,31,37)(H2,32,35). The van der Waals surface area contributed by atoms with E-state index in [0.717, 1.165) is 32.1 Å². The summed E-state index contributed by atoms with van der Waals surface area (Å²) in [5.41, 5.74) is 12.6. The molecule has 0 saturated heterocycles. The zero-order valence-corrected chi connectivity index (χ0v) is 21.9. The maximum Gasteiger partial charge on any atom is 0.313 e. The number of nitrogens with two attached hydrogens (primary N) is 2. The number of rotatable bonds is 6. The van der Waals surface area contributed by atoms with Crippen LogP contribution in [0.15, 0.2) is 34.7 Å². The van der Waals surface area contributed by atoms with Crippen molar-refractivity contribution in [2.45, 2.75) is 50.9 Å². The lowest BCUT2D eigenvalue weighted by atomic mass is 9.88. The van der Waals surface area contributed by atoms with Crippen LogP contribution in [-0.4, -0.2) is 25.7 Å². The van der Waals surface area contributed by atoms with Crippen LogP contribution in [0.25, 0.3) is 28.5 Å². The molecule has 0 spiro atoms. The second kappa shape index (κ2) is 10.3. The zero-order chi connectivity index (χ0) is 27.1. The molecule has 38 heavy (non-hydrogen) atoms. The fourth-order valence-corrected chi connectivity index (χ4v) is 5.31. The number of nitrogen functional groups attached to an aromatic ring is 1. The highest BCUT2D eigenvalue weighted by Crippen LogP contribution is 2.44. The molecule has 0 aliphatic heterocycles. The summed E-state index contributed by atoms with van der Waals surface area (Å²) in [5.74, 6) is -2.49. The molecule has 1 atom stereocenters. The summed E-state index contributed by atoms with van der Waals surface area (Å²) >= 11 is 12.4. The van der Waals surface area contributed by atoms with Crippen molar-refractivity contribution in [1.82, 2.24) is 19.7 Å². The fraction of sp³-hybridized carbons (Fsp3) is 0.308. The van der Waals surface area contributed by atoms with Crippen LogP contribution in [0, 0.1) is 11.6 Å². The van der Waals surface area contributed by atoms with Gasteiger partial charge in [0.05, 0.1) is 27.3 Å². The monoisotopic (exact) mass is 560 g/mol. The Hall–Kier alpha value is -3.50. The van der Waals surface area contributed by atoms with E-state index in [-0.39, 0.29) is 39.2 Å². The third-order valence-electron chi connectivity index (χ3n) is 6.93. The van der Waals surface area contributed by atoms with E-state index in [0.29, 0.717) is 22.6 Å². The summed E-state index contributed by atoms with van der Waals surface area (Å²) in [6.07, 6.45) is 4.59. The van der Waals surface area contributed by atoms with E-state index >= 15 is 4.39 Å². The molecule has 1 aliphatic carbocycles. The first-order chi connectivity index (χ1) is 18.2. The average Bonchev–Trinajstić information content (AvgIpc) is 3.51. The van der Waals surface area contributed by atoms with Crippen molar-refractivity contribution in [3.8, 4) is 28.5 Å². The van der Waals surface area contributed by atoms with Crippen molar-refractivity contribution in [3.63, 3.8) is 0 Å². The third kappa shape index (κ3) is 4.63. The van der Waals surface area contributed by atoms with Crippen molar-refractivity contribution in [1.29, 1.82) is 0 Å². The van der Waals surface area contributed by atoms with E-state index in [1.807, 2.05) is 0 Å². The number of amides is 1. The Balaban J connectivity index is 1.93. The smallest absolute Gasteiger partial charge is 0.313 e. The minimum Gasteiger partial charge on any atom is -0.402 e. The first-order valence-corrected chi connectivity index (χ1v) is 12.9. The number of aromatic nitrogens is 4. The molecule has 2 aromatic carbocycles. The normalized spacial score (nSPS) is 15.1. The predicted molar refractivity (Wildman–Crippen MR) is 140 cm³/mol. The number of anilines is 1. The number of hydrogen-bond acceptors (Lipinski definition) is 6. The lowest BCUT2D eigenvalue weighted by molar-refractivity contribution is -0.119. The lowest BCUT2D eigenvalue weighted by Gasteiger charge is -2.25. The highest BCUT2D eigenvalue weighted by Gasteiger charge is 2.33. The molecule has 0 radical (unpaired) electrons. The van der Waals surface area contributed by atoms with Crippen LogP contribution in [0.4, 0.5) is 14.8 Å². The molecule has 198 valence electrons. The number of hydrogen-bond donors (Lipinski definition) is 2. The lowest BCUT2D eigenvalue weighted by Crippen LogP contribution is -2.22. The van der Waals surface area contributed by atoms with Crippen LogP contribution in [0.5, 0.6) is 0 Å². The minimum atomic E-state index is -0.870. The molecule has 1 amide bonds. The molecule has 5 rings (SSSR count). The average molecular weight is 561 g/mol. The van der Waals surface area contributed by atoms with Gasteiger partial charge in [0, 0.05) is 11.5 Å². The number of halogens is 4. The highest BCUT2D eigenvalue weighted by molar-refractivity contribution is 6.31. The van der Waals surface area contributed by atoms with Crippen molar-refractivity contribution in [3.05, 3.63) is 63.4 Å². The molecule has 1 saturated carbocycles. The van der Waals surface area contributed by atoms with E-state index < -0.39 is 23.5 Å². The minimum absolute atomic E-state index is 0.00561. The van der Waals surface area contributed by atoms with Crippen LogP contribution in [-0.2, 0) is 4.79 Å². The molecule has 1 fully saturated rings. The fourth-order valence-electron chi connectivity index (χ4n) is 4.97. The Morgan fingerprint density at radius 1 is 1.11 bits per heavy atom. The molecule has 2 heterocycles. The van der Waals surface area contributed by atoms with Crippen molar-refractivity contribution in [2.24, 2.45) is 5.73 Å². The van der Waals surface area contributed by atoms with E-state index in [9.17, 15) is 9.18 Å². The third-order valence-corrected chi connectivity index (χ3v) is 7.51. The van der Waals surface area contributed by atoms with Gasteiger partial charge in [-0.1, -0.05) is 53.6 Å². The van der Waals surface area contributed by atoms with Gasteiger partial charge >= 0.3 is 6.01 Å². The van der Waals surface area contributed by atoms with E-state index in [1.54, 1.807) is 17.6 Å². The molecule has 8 nitrogen and oxygen atoms in total. The summed E-state index contributed by atoms with van der Waals surface area (Å²) in [7, 11) is 0. The van der Waals surface area contributed by atoms with E-state index in [1.165, 1.54) is 24.3 Å². The van der Waals surface area contributed by atoms with Crippen LogP contribution in [0.2, 0.25) is 10.0 Å². The number of imidazole rings is 1. The summed E-state index contributed by atoms with van der Waals surface area (Å²) in [4.78, 5) is 17.2. The van der Waals surface area contributed by atoms with Crippen molar-refractivity contribution in [2.75, 3.05) is 5.73 Å². The molecule has 1 aliphatic rings. The second-order valence-corrected chi connectivity index (χ2v) is 10.1. The number of benzene rings is 2. The Bertz CT molecular complexity index is 1530. The topological polar surface area (TPSA) is 126 Å². The Kier molecular flexibility index (Phi) is 7.11. The van der Waals surface area contributed by atoms with Crippen LogP contribution >= 0.6 is 23.2 Å². The Labute approximate surface area is 227 Å². The van der Waals surface area contributed by atoms with E-state index in [2.05, 4.69) is 10.2 Å². The van der Waals surface area contributed by atoms with Gasteiger partial charge < -0.3 is 15.9 Å². The van der Waals surface area contributed by atoms with Crippen LogP contribution < -0.4 is 11.5 Å². The first kappa shape index (κ1) is 26.1. The zero-order valence-electron chi connectivity index (χ0n) is 20.3. The first-order valence-electron chi connectivity index (χ1n) is 12.1. The number of carbonyl (C=O) groups excluding carboxylic acids is 1. The quantitative estimate of drug-likeness (QED) is 0.281. The molecule has 0 bridgehead atoms. The van der Waals surface area contributed by atoms with Gasteiger partial charge in [-0.3, -0.25) is 9.36 Å². The number of nitrogens with zero attached hydrogens (tertiary/aromatic N) is 4. The second-order valence-electron chi connectivity index (χ2n) is 9.34. The van der Waals surface area contributed by atoms with Gasteiger partial charge in [-0.05, 0) is 49.6 Å². The van der Waals surface area contributed by atoms with Crippen LogP contribution in [0.1, 0.15) is 62.3 Å². The highest BCUT2D eigenvalue weighted by atomic mass is 35.5. The maximum absolute atomic E-state index is 16.1. The SMILES string of the molecule is CC(C(N)=O)c1ccc(Cl)c(F)c1-n1c(C2CCCCC2)nc(-c2nnc(N)o2)c1-c1ccc(F)c(Cl)c1. The molecule has 2 aromatic heterocycles. The molecule has 1 unspecified atom stereocenters. The van der Waals surface area contributed by atoms with Crippen LogP contribution in [0.3, 0.4) is 0 Å². The molecular formula is C26H24Cl2F2N6O2. The van der Waals surface area contributed by atoms with Crippen molar-refractivity contribution >= 4 is 35.1 Å². The maximum atomic E-state index is 16.1. The van der Waals surface area contributed by atoms with Gasteiger partial charge in [0.1, 0.15) is 11.6 Å². The largest absolute Gasteiger partial charge is 0.402 e. The van der Waals surface area contributed by atoms with Gasteiger partial charge in [-0.2, -0.15) is 0 Å². The van der Waals surface area contributed by atoms with Gasteiger partial charge in [-0.15, -0.1) is 5.10 Å². The predicted octanol–water partition coefficient (Wildman–Crippen LogP) is 6.39. The Morgan fingerprint density at radius 3 is 2.47 bits per heavy atom. The molecule has 12 heteroatoms. The van der Waals surface area contributed by atoms with Gasteiger partial charge in [0.2, 0.25) is 5.91 Å². The van der Waals surface area contributed by atoms with Gasteiger partial charge in [-0.25, -0.2) is 13.8 Å².